The van der Waals surface area contributed by atoms with Crippen molar-refractivity contribution in [2.45, 2.75) is 0 Å². The number of amides is 1. The molecule has 0 aliphatic carbocycles. The van der Waals surface area contributed by atoms with Crippen molar-refractivity contribution in [1.29, 1.82) is 0 Å². The molecule has 7 heteroatoms. The third kappa shape index (κ3) is 3.12. The van der Waals surface area contributed by atoms with E-state index in [0.717, 1.165) is 17.0 Å². The zero-order valence-electron chi connectivity index (χ0n) is 13.8. The number of fused-ring (bicyclic) bond motifs is 1. The maximum atomic E-state index is 13.9. The average molecular weight is 376 g/mol. The highest BCUT2D eigenvalue weighted by molar-refractivity contribution is 6.31. The largest absolute Gasteiger partial charge is 0.366 e. The Morgan fingerprint density at radius 1 is 1.00 bits per heavy atom. The second kappa shape index (κ2) is 6.61. The molecule has 4 nitrogen and oxygen atoms in total. The number of carbonyl (C=O) groups excluding carboxylic acids is 1. The van der Waals surface area contributed by atoms with Gasteiger partial charge in [-0.25, -0.2) is 8.78 Å². The van der Waals surface area contributed by atoms with Gasteiger partial charge in [-0.2, -0.15) is 0 Å². The molecule has 0 saturated carbocycles. The molecule has 1 fully saturated rings. The lowest BCUT2D eigenvalue weighted by atomic mass is 10.2. The molecule has 2 aromatic carbocycles. The highest BCUT2D eigenvalue weighted by Crippen LogP contribution is 2.23. The maximum Gasteiger partial charge on any atom is 0.270 e. The van der Waals surface area contributed by atoms with Crippen LogP contribution in [0.5, 0.6) is 0 Å². The minimum absolute atomic E-state index is 0.100. The standard InChI is InChI=1S/C19H16ClF2N3O/c20-13-1-3-16-12(9-13)10-17(23-16)19(26)25-7-5-24(6-8-25)18-4-2-14(21)11-15(18)22/h1-4,9-11,23H,5-8H2. The Kier molecular flexibility index (Phi) is 4.28. The third-order valence-corrected chi connectivity index (χ3v) is 4.87. The Morgan fingerprint density at radius 3 is 2.50 bits per heavy atom. The number of piperazine rings is 1. The fraction of sp³-hybridized carbons (Fsp3) is 0.211. The van der Waals surface area contributed by atoms with E-state index in [1.54, 1.807) is 23.1 Å². The van der Waals surface area contributed by atoms with Crippen LogP contribution in [-0.4, -0.2) is 42.0 Å². The van der Waals surface area contributed by atoms with E-state index in [2.05, 4.69) is 4.98 Å². The van der Waals surface area contributed by atoms with Crippen LogP contribution in [0.25, 0.3) is 10.9 Å². The number of rotatable bonds is 2. The molecule has 134 valence electrons. The molecule has 1 N–H and O–H groups in total. The molecule has 4 rings (SSSR count). The van der Waals surface area contributed by atoms with Crippen LogP contribution >= 0.6 is 11.6 Å². The molecule has 0 spiro atoms. The number of hydrogen-bond donors (Lipinski definition) is 1. The average Bonchev–Trinajstić information content (AvgIpc) is 3.04. The van der Waals surface area contributed by atoms with Crippen LogP contribution in [0, 0.1) is 11.6 Å². The van der Waals surface area contributed by atoms with Gasteiger partial charge in [0.1, 0.15) is 17.3 Å². The second-order valence-corrected chi connectivity index (χ2v) is 6.73. The fourth-order valence-electron chi connectivity index (χ4n) is 3.28. The summed E-state index contributed by atoms with van der Waals surface area (Å²) in [4.78, 5) is 19.4. The van der Waals surface area contributed by atoms with Crippen molar-refractivity contribution in [3.05, 3.63) is 64.8 Å². The summed E-state index contributed by atoms with van der Waals surface area (Å²) < 4.78 is 27.0. The van der Waals surface area contributed by atoms with Crippen LogP contribution in [0.4, 0.5) is 14.5 Å². The number of aromatic amines is 1. The number of hydrogen-bond acceptors (Lipinski definition) is 2. The first-order valence-electron chi connectivity index (χ1n) is 8.29. The van der Waals surface area contributed by atoms with Gasteiger partial charge in [-0.15, -0.1) is 0 Å². The molecular weight excluding hydrogens is 360 g/mol. The normalized spacial score (nSPS) is 14.9. The summed E-state index contributed by atoms with van der Waals surface area (Å²) in [6.07, 6.45) is 0. The highest BCUT2D eigenvalue weighted by Gasteiger charge is 2.24. The number of H-pyrrole nitrogens is 1. The fourth-order valence-corrected chi connectivity index (χ4v) is 3.46. The SMILES string of the molecule is O=C(c1cc2cc(Cl)ccc2[nH]1)N1CCN(c2ccc(F)cc2F)CC1. The van der Waals surface area contributed by atoms with Gasteiger partial charge in [0, 0.05) is 48.2 Å². The van der Waals surface area contributed by atoms with Crippen LogP contribution in [0.1, 0.15) is 10.5 Å². The maximum absolute atomic E-state index is 13.9. The van der Waals surface area contributed by atoms with Gasteiger partial charge < -0.3 is 14.8 Å². The highest BCUT2D eigenvalue weighted by atomic mass is 35.5. The van der Waals surface area contributed by atoms with E-state index in [1.165, 1.54) is 12.1 Å². The van der Waals surface area contributed by atoms with Gasteiger partial charge in [0.05, 0.1) is 5.69 Å². The lowest BCUT2D eigenvalue weighted by Gasteiger charge is -2.36. The topological polar surface area (TPSA) is 39.3 Å². The van der Waals surface area contributed by atoms with Crippen LogP contribution in [-0.2, 0) is 0 Å². The smallest absolute Gasteiger partial charge is 0.270 e. The Labute approximate surface area is 154 Å². The van der Waals surface area contributed by atoms with E-state index < -0.39 is 11.6 Å². The first-order valence-corrected chi connectivity index (χ1v) is 8.66. The van der Waals surface area contributed by atoms with E-state index in [0.29, 0.717) is 42.6 Å². The number of nitrogens with zero attached hydrogens (tertiary/aromatic N) is 2. The molecule has 0 atom stereocenters. The zero-order valence-corrected chi connectivity index (χ0v) is 14.6. The molecule has 1 amide bonds. The lowest BCUT2D eigenvalue weighted by molar-refractivity contribution is 0.0741. The second-order valence-electron chi connectivity index (χ2n) is 6.29. The van der Waals surface area contributed by atoms with Crippen molar-refractivity contribution in [3.63, 3.8) is 0 Å². The quantitative estimate of drug-likeness (QED) is 0.733. The van der Waals surface area contributed by atoms with Crippen molar-refractivity contribution < 1.29 is 13.6 Å². The van der Waals surface area contributed by atoms with Gasteiger partial charge in [0.2, 0.25) is 0 Å². The molecule has 0 unspecified atom stereocenters. The lowest BCUT2D eigenvalue weighted by Crippen LogP contribution is -2.49. The number of aromatic nitrogens is 1. The Balaban J connectivity index is 1.47. The van der Waals surface area contributed by atoms with Gasteiger partial charge >= 0.3 is 0 Å². The van der Waals surface area contributed by atoms with Crippen LogP contribution in [0.15, 0.2) is 42.5 Å². The van der Waals surface area contributed by atoms with Gasteiger partial charge in [0.25, 0.3) is 5.91 Å². The van der Waals surface area contributed by atoms with Gasteiger partial charge in [-0.1, -0.05) is 11.6 Å². The number of anilines is 1. The van der Waals surface area contributed by atoms with E-state index >= 15 is 0 Å². The Hall–Kier alpha value is -2.60. The molecule has 1 aliphatic heterocycles. The minimum Gasteiger partial charge on any atom is -0.366 e. The summed E-state index contributed by atoms with van der Waals surface area (Å²) >= 11 is 5.98. The molecule has 26 heavy (non-hydrogen) atoms. The van der Waals surface area contributed by atoms with Crippen molar-refractivity contribution in [3.8, 4) is 0 Å². The minimum atomic E-state index is -0.598. The van der Waals surface area contributed by atoms with E-state index in [-0.39, 0.29) is 5.91 Å². The molecule has 1 aromatic heterocycles. The van der Waals surface area contributed by atoms with Crippen molar-refractivity contribution in [1.82, 2.24) is 9.88 Å². The summed E-state index contributed by atoms with van der Waals surface area (Å²) in [7, 11) is 0. The number of nitrogens with one attached hydrogen (secondary N) is 1. The van der Waals surface area contributed by atoms with Gasteiger partial charge in [0.15, 0.2) is 0 Å². The summed E-state index contributed by atoms with van der Waals surface area (Å²) in [6, 6.07) is 10.8. The third-order valence-electron chi connectivity index (χ3n) is 4.63. The van der Waals surface area contributed by atoms with Crippen molar-refractivity contribution in [2.75, 3.05) is 31.1 Å². The Morgan fingerprint density at radius 2 is 1.77 bits per heavy atom. The molecule has 2 heterocycles. The number of benzene rings is 2. The summed E-state index contributed by atoms with van der Waals surface area (Å²) in [6.45, 7) is 1.90. The van der Waals surface area contributed by atoms with E-state index in [1.807, 2.05) is 11.0 Å². The first kappa shape index (κ1) is 16.8. The van der Waals surface area contributed by atoms with Crippen molar-refractivity contribution in [2.24, 2.45) is 0 Å². The molecule has 0 radical (unpaired) electrons. The summed E-state index contributed by atoms with van der Waals surface area (Å²) in [5.41, 5.74) is 1.72. The van der Waals surface area contributed by atoms with E-state index in [9.17, 15) is 13.6 Å². The molecule has 0 bridgehead atoms. The molecular formula is C19H16ClF2N3O. The van der Waals surface area contributed by atoms with Crippen LogP contribution in [0.3, 0.4) is 0 Å². The summed E-state index contributed by atoms with van der Waals surface area (Å²) in [5.74, 6) is -1.28. The first-order chi connectivity index (χ1) is 12.5. The molecule has 3 aromatic rings. The van der Waals surface area contributed by atoms with Gasteiger partial charge in [-0.05, 0) is 36.4 Å². The van der Waals surface area contributed by atoms with Crippen LogP contribution < -0.4 is 4.90 Å². The predicted octanol–water partition coefficient (Wildman–Crippen LogP) is 4.06. The van der Waals surface area contributed by atoms with Crippen molar-refractivity contribution >= 4 is 34.1 Å². The summed E-state index contributed by atoms with van der Waals surface area (Å²) in [5, 5.41) is 1.50. The number of carbonyl (C=O) groups is 1. The van der Waals surface area contributed by atoms with E-state index in [4.69, 9.17) is 11.6 Å². The number of halogens is 3. The predicted molar refractivity (Wildman–Crippen MR) is 97.8 cm³/mol. The van der Waals surface area contributed by atoms with Gasteiger partial charge in [-0.3, -0.25) is 4.79 Å². The van der Waals surface area contributed by atoms with Crippen LogP contribution in [0.2, 0.25) is 5.02 Å². The zero-order chi connectivity index (χ0) is 18.3. The Bertz CT molecular complexity index is 980. The molecule has 1 aliphatic rings. The molecule has 1 saturated heterocycles. The monoisotopic (exact) mass is 375 g/mol.